The Morgan fingerprint density at radius 2 is 1.72 bits per heavy atom. The molecule has 0 unspecified atom stereocenters. The van der Waals surface area contributed by atoms with E-state index in [2.05, 4.69) is 49.9 Å². The van der Waals surface area contributed by atoms with Gasteiger partial charge in [-0.2, -0.15) is 15.0 Å². The molecule has 32 heavy (non-hydrogen) atoms. The summed E-state index contributed by atoms with van der Waals surface area (Å²) in [7, 11) is 0. The van der Waals surface area contributed by atoms with Gasteiger partial charge >= 0.3 is 6.01 Å². The highest BCUT2D eigenvalue weighted by Gasteiger charge is 2.54. The van der Waals surface area contributed by atoms with E-state index in [0.717, 1.165) is 64.0 Å². The third kappa shape index (κ3) is 2.93. The van der Waals surface area contributed by atoms with Gasteiger partial charge in [0.1, 0.15) is 11.5 Å². The van der Waals surface area contributed by atoms with E-state index in [1.807, 2.05) is 0 Å². The Morgan fingerprint density at radius 1 is 0.969 bits per heavy atom. The number of aromatic nitrogens is 3. The highest BCUT2D eigenvalue weighted by molar-refractivity contribution is 5.87. The molecule has 0 N–H and O–H groups in total. The molecule has 7 heteroatoms. The maximum atomic E-state index is 12.6. The molecule has 2 saturated heterocycles. The van der Waals surface area contributed by atoms with Crippen LogP contribution in [0.4, 0.5) is 11.9 Å². The Morgan fingerprint density at radius 3 is 2.44 bits per heavy atom. The molecule has 7 nitrogen and oxygen atoms in total. The minimum absolute atomic E-state index is 0.0645. The second-order valence-electron chi connectivity index (χ2n) is 10.5. The molecular formula is C25H29N5O2. The van der Waals surface area contributed by atoms with Crippen molar-refractivity contribution in [1.82, 2.24) is 15.0 Å². The van der Waals surface area contributed by atoms with Crippen LogP contribution in [0.2, 0.25) is 0 Å². The molecule has 4 atom stereocenters. The van der Waals surface area contributed by atoms with Crippen LogP contribution in [0.25, 0.3) is 0 Å². The van der Waals surface area contributed by atoms with Gasteiger partial charge in [0.25, 0.3) is 0 Å². The van der Waals surface area contributed by atoms with Crippen molar-refractivity contribution in [1.29, 1.82) is 0 Å². The summed E-state index contributed by atoms with van der Waals surface area (Å²) in [4.78, 5) is 30.5. The van der Waals surface area contributed by atoms with Gasteiger partial charge in [0, 0.05) is 38.0 Å². The Labute approximate surface area is 188 Å². The summed E-state index contributed by atoms with van der Waals surface area (Å²) >= 11 is 0. The fraction of sp³-hybridized carbons (Fsp3) is 0.600. The SMILES string of the molecule is C[C@]12CC[C@H]3c4ccc(Oc5nc(N6CC6)nc(N6CC6)n5)cc4CC[C@@H]3[C@@H]1CCC2=O. The second kappa shape index (κ2) is 6.65. The zero-order valence-corrected chi connectivity index (χ0v) is 18.6. The van der Waals surface area contributed by atoms with Crippen LogP contribution in [-0.4, -0.2) is 46.9 Å². The minimum atomic E-state index is -0.0645. The van der Waals surface area contributed by atoms with E-state index in [9.17, 15) is 4.79 Å². The number of Topliss-reactive ketones (excluding diaryl/α,β-unsaturated/α-hetero) is 1. The lowest BCUT2D eigenvalue weighted by atomic mass is 9.55. The normalized spacial score (nSPS) is 32.3. The molecule has 0 spiro atoms. The second-order valence-corrected chi connectivity index (χ2v) is 10.5. The van der Waals surface area contributed by atoms with Crippen molar-refractivity contribution in [3.05, 3.63) is 29.3 Å². The highest BCUT2D eigenvalue weighted by Crippen LogP contribution is 2.59. The minimum Gasteiger partial charge on any atom is -0.424 e. The zero-order valence-electron chi connectivity index (χ0n) is 18.6. The molecule has 0 bridgehead atoms. The van der Waals surface area contributed by atoms with Crippen LogP contribution in [0.15, 0.2) is 18.2 Å². The number of anilines is 2. The standard InChI is InChI=1S/C25H29N5O2/c1-25-9-8-18-17-5-3-16(14-15(17)2-4-19(18)20(25)6-7-21(25)31)32-24-27-22(29-10-11-29)26-23(28-24)30-12-13-30/h3,5,14,18-20H,2,4,6-13H2,1H3/t18-,19-,20-,25-/m0/s1. The first-order chi connectivity index (χ1) is 15.6. The van der Waals surface area contributed by atoms with Crippen molar-refractivity contribution in [2.45, 2.75) is 51.4 Å². The van der Waals surface area contributed by atoms with Crippen LogP contribution in [-0.2, 0) is 11.2 Å². The average Bonchev–Trinajstić information content (AvgIpc) is 3.70. The van der Waals surface area contributed by atoms with Gasteiger partial charge in [-0.05, 0) is 73.1 Å². The quantitative estimate of drug-likeness (QED) is 0.683. The molecule has 2 saturated carbocycles. The van der Waals surface area contributed by atoms with Gasteiger partial charge in [-0.3, -0.25) is 4.79 Å². The third-order valence-electron chi connectivity index (χ3n) is 8.67. The number of hydrogen-bond acceptors (Lipinski definition) is 7. The number of ether oxygens (including phenoxy) is 1. The number of benzene rings is 1. The van der Waals surface area contributed by atoms with E-state index in [-0.39, 0.29) is 5.41 Å². The van der Waals surface area contributed by atoms with Crippen molar-refractivity contribution in [2.75, 3.05) is 36.0 Å². The van der Waals surface area contributed by atoms with Gasteiger partial charge in [0.05, 0.1) is 0 Å². The maximum absolute atomic E-state index is 12.6. The fourth-order valence-electron chi connectivity index (χ4n) is 6.66. The number of hydrogen-bond donors (Lipinski definition) is 0. The van der Waals surface area contributed by atoms with Gasteiger partial charge < -0.3 is 14.5 Å². The third-order valence-corrected chi connectivity index (χ3v) is 8.67. The summed E-state index contributed by atoms with van der Waals surface area (Å²) < 4.78 is 6.16. The smallest absolute Gasteiger partial charge is 0.328 e. The number of aryl methyl sites for hydroxylation is 1. The molecule has 0 radical (unpaired) electrons. The number of ketones is 1. The Balaban J connectivity index is 1.15. The van der Waals surface area contributed by atoms with E-state index >= 15 is 0 Å². The number of carbonyl (C=O) groups is 1. The van der Waals surface area contributed by atoms with Crippen LogP contribution in [0.5, 0.6) is 11.8 Å². The molecule has 2 aromatic rings. The monoisotopic (exact) mass is 431 g/mol. The largest absolute Gasteiger partial charge is 0.424 e. The molecule has 1 aromatic carbocycles. The van der Waals surface area contributed by atoms with Gasteiger partial charge in [-0.1, -0.05) is 13.0 Å². The topological polar surface area (TPSA) is 71.0 Å². The van der Waals surface area contributed by atoms with Crippen LogP contribution >= 0.6 is 0 Å². The molecule has 7 rings (SSSR count). The summed E-state index contributed by atoms with van der Waals surface area (Å²) in [5, 5.41) is 0. The number of rotatable bonds is 4. The fourth-order valence-corrected chi connectivity index (χ4v) is 6.66. The number of fused-ring (bicyclic) bond motifs is 5. The lowest BCUT2D eigenvalue weighted by molar-refractivity contribution is -0.129. The first-order valence-corrected chi connectivity index (χ1v) is 12.2. The van der Waals surface area contributed by atoms with E-state index in [1.54, 1.807) is 0 Å². The molecule has 4 fully saturated rings. The maximum Gasteiger partial charge on any atom is 0.328 e. The lowest BCUT2D eigenvalue weighted by Gasteiger charge is -2.48. The van der Waals surface area contributed by atoms with Crippen molar-refractivity contribution in [2.24, 2.45) is 17.3 Å². The Kier molecular flexibility index (Phi) is 3.92. The molecule has 3 heterocycles. The van der Waals surface area contributed by atoms with E-state index in [4.69, 9.17) is 4.74 Å². The van der Waals surface area contributed by atoms with Crippen LogP contribution in [0, 0.1) is 17.3 Å². The Hall–Kier alpha value is -2.70. The van der Waals surface area contributed by atoms with E-state index in [0.29, 0.717) is 41.4 Å². The number of carbonyl (C=O) groups excluding carboxylic acids is 1. The molecule has 1 aromatic heterocycles. The summed E-state index contributed by atoms with van der Waals surface area (Å²) in [6.07, 6.45) is 6.28. The van der Waals surface area contributed by atoms with Crippen molar-refractivity contribution >= 4 is 17.7 Å². The number of nitrogens with zero attached hydrogens (tertiary/aromatic N) is 5. The van der Waals surface area contributed by atoms with Crippen LogP contribution < -0.4 is 14.5 Å². The summed E-state index contributed by atoms with van der Waals surface area (Å²) in [5.74, 6) is 4.54. The average molecular weight is 432 g/mol. The van der Waals surface area contributed by atoms with Gasteiger partial charge in [0.2, 0.25) is 11.9 Å². The molecule has 0 amide bonds. The first-order valence-electron chi connectivity index (χ1n) is 12.2. The summed E-state index contributed by atoms with van der Waals surface area (Å²) in [5.41, 5.74) is 2.80. The molecular weight excluding hydrogens is 402 g/mol. The predicted molar refractivity (Wildman–Crippen MR) is 120 cm³/mol. The zero-order chi connectivity index (χ0) is 21.4. The van der Waals surface area contributed by atoms with Crippen LogP contribution in [0.3, 0.4) is 0 Å². The molecule has 166 valence electrons. The van der Waals surface area contributed by atoms with Gasteiger partial charge in [-0.15, -0.1) is 0 Å². The first kappa shape index (κ1) is 18.8. The van der Waals surface area contributed by atoms with Gasteiger partial charge in [0.15, 0.2) is 0 Å². The summed E-state index contributed by atoms with van der Waals surface area (Å²) in [6, 6.07) is 6.91. The molecule has 5 aliphatic rings. The predicted octanol–water partition coefficient (Wildman–Crippen LogP) is 3.73. The van der Waals surface area contributed by atoms with Crippen LogP contribution in [0.1, 0.15) is 56.1 Å². The highest BCUT2D eigenvalue weighted by atomic mass is 16.5. The van der Waals surface area contributed by atoms with E-state index < -0.39 is 0 Å². The van der Waals surface area contributed by atoms with Crippen molar-refractivity contribution < 1.29 is 9.53 Å². The van der Waals surface area contributed by atoms with Crippen molar-refractivity contribution in [3.63, 3.8) is 0 Å². The molecule has 3 aliphatic carbocycles. The lowest BCUT2D eigenvalue weighted by Crippen LogP contribution is -2.42. The van der Waals surface area contributed by atoms with Crippen molar-refractivity contribution in [3.8, 4) is 11.8 Å². The summed E-state index contributed by atoms with van der Waals surface area (Å²) in [6.45, 7) is 6.22. The van der Waals surface area contributed by atoms with E-state index in [1.165, 1.54) is 17.5 Å². The Bertz CT molecular complexity index is 1080. The van der Waals surface area contributed by atoms with Gasteiger partial charge in [-0.25, -0.2) is 0 Å². The molecule has 2 aliphatic heterocycles.